The number of aryl methyl sites for hydroxylation is 2. The number of hydrogen-bond donors (Lipinski definition) is 0. The second-order valence-electron chi connectivity index (χ2n) is 10.2. The Hall–Kier alpha value is -3.49. The highest BCUT2D eigenvalue weighted by atomic mass is 32.1. The fourth-order valence-electron chi connectivity index (χ4n) is 5.08. The molecular weight excluding hydrogens is 528 g/mol. The minimum absolute atomic E-state index is 0.495. The van der Waals surface area contributed by atoms with Gasteiger partial charge in [0.1, 0.15) is 6.10 Å². The molecule has 0 spiro atoms. The van der Waals surface area contributed by atoms with Gasteiger partial charge in [-0.15, -0.1) is 11.3 Å². The van der Waals surface area contributed by atoms with Crippen LogP contribution in [0.4, 0.5) is 0 Å². The zero-order chi connectivity index (χ0) is 29.0. The molecule has 0 radical (unpaired) electrons. The van der Waals surface area contributed by atoms with Crippen LogP contribution in [0.15, 0.2) is 54.6 Å². The molecule has 1 aromatic heterocycles. The van der Waals surface area contributed by atoms with Crippen LogP contribution in [-0.4, -0.2) is 42.3 Å². The van der Waals surface area contributed by atoms with Crippen molar-refractivity contribution in [2.45, 2.75) is 84.9 Å². The minimum Gasteiger partial charge on any atom is -0.456 e. The number of carbonyl (C=O) groups is 3. The van der Waals surface area contributed by atoms with Gasteiger partial charge < -0.3 is 18.9 Å². The summed E-state index contributed by atoms with van der Waals surface area (Å²) in [5.74, 6) is -1.66. The van der Waals surface area contributed by atoms with E-state index in [1.54, 1.807) is 11.3 Å². The van der Waals surface area contributed by atoms with E-state index >= 15 is 0 Å². The maximum atomic E-state index is 12.2. The lowest BCUT2D eigenvalue weighted by molar-refractivity contribution is -0.249. The maximum Gasteiger partial charge on any atom is 0.303 e. The molecule has 1 aliphatic rings. The van der Waals surface area contributed by atoms with Gasteiger partial charge in [0.05, 0.1) is 6.10 Å². The van der Waals surface area contributed by atoms with E-state index in [2.05, 4.69) is 56.3 Å². The Kier molecular flexibility index (Phi) is 9.43. The lowest BCUT2D eigenvalue weighted by Gasteiger charge is -2.45. The standard InChI is InChI=1S/C32H36O7S/c1-7-27-30(36-20(4)33)32(38-22(6)35)31(37-21(5)34)29(39-27)24-13-10-19(3)25(16-24)17-26-14-15-28(40-26)23-11-8-18(2)9-12-23/h8-16,27,29-32H,7,17H2,1-6H3/t27-,29?,30-,31+,32+/m1/s1. The predicted molar refractivity (Wildman–Crippen MR) is 153 cm³/mol. The lowest BCUT2D eigenvalue weighted by Crippen LogP contribution is -2.58. The first-order chi connectivity index (χ1) is 19.0. The van der Waals surface area contributed by atoms with Crippen LogP contribution in [-0.2, 0) is 39.8 Å². The third-order valence-electron chi connectivity index (χ3n) is 7.01. The smallest absolute Gasteiger partial charge is 0.303 e. The highest BCUT2D eigenvalue weighted by Gasteiger charge is 2.51. The quantitative estimate of drug-likeness (QED) is 0.235. The molecule has 1 unspecified atom stereocenters. The predicted octanol–water partition coefficient (Wildman–Crippen LogP) is 6.27. The monoisotopic (exact) mass is 564 g/mol. The van der Waals surface area contributed by atoms with Crippen LogP contribution in [0.25, 0.3) is 10.4 Å². The van der Waals surface area contributed by atoms with E-state index in [1.165, 1.54) is 41.7 Å². The Morgan fingerprint density at radius 2 is 1.43 bits per heavy atom. The molecule has 8 heteroatoms. The van der Waals surface area contributed by atoms with Crippen molar-refractivity contribution in [1.29, 1.82) is 0 Å². The van der Waals surface area contributed by atoms with Gasteiger partial charge in [-0.05, 0) is 54.7 Å². The van der Waals surface area contributed by atoms with E-state index in [-0.39, 0.29) is 0 Å². The molecular formula is C32H36O7S. The number of thiophene rings is 1. The van der Waals surface area contributed by atoms with Crippen LogP contribution in [0.3, 0.4) is 0 Å². The highest BCUT2D eigenvalue weighted by molar-refractivity contribution is 7.15. The molecule has 212 valence electrons. The number of benzene rings is 2. The van der Waals surface area contributed by atoms with Gasteiger partial charge in [0.25, 0.3) is 0 Å². The van der Waals surface area contributed by atoms with E-state index in [0.29, 0.717) is 6.42 Å². The van der Waals surface area contributed by atoms with Crippen molar-refractivity contribution in [1.82, 2.24) is 0 Å². The molecule has 1 fully saturated rings. The van der Waals surface area contributed by atoms with E-state index in [1.807, 2.05) is 19.1 Å². The van der Waals surface area contributed by atoms with Crippen molar-refractivity contribution in [3.63, 3.8) is 0 Å². The third kappa shape index (κ3) is 6.98. The fraction of sp³-hybridized carbons (Fsp3) is 0.406. The van der Waals surface area contributed by atoms with Crippen molar-refractivity contribution >= 4 is 29.2 Å². The normalized spacial score (nSPS) is 22.4. The van der Waals surface area contributed by atoms with Crippen molar-refractivity contribution in [2.24, 2.45) is 0 Å². The molecule has 0 amide bonds. The number of hydrogen-bond acceptors (Lipinski definition) is 8. The van der Waals surface area contributed by atoms with Gasteiger partial charge in [0.2, 0.25) is 0 Å². The Balaban J connectivity index is 1.67. The summed E-state index contributed by atoms with van der Waals surface area (Å²) in [6, 6.07) is 18.8. The van der Waals surface area contributed by atoms with E-state index in [0.717, 1.165) is 23.1 Å². The summed E-state index contributed by atoms with van der Waals surface area (Å²) in [7, 11) is 0. The van der Waals surface area contributed by atoms with Crippen molar-refractivity contribution in [3.8, 4) is 10.4 Å². The van der Waals surface area contributed by atoms with Crippen LogP contribution in [0, 0.1) is 13.8 Å². The first-order valence-corrected chi connectivity index (χ1v) is 14.3. The van der Waals surface area contributed by atoms with Crippen molar-refractivity contribution < 1.29 is 33.3 Å². The van der Waals surface area contributed by atoms with Crippen molar-refractivity contribution in [2.75, 3.05) is 0 Å². The molecule has 3 aromatic rings. The summed E-state index contributed by atoms with van der Waals surface area (Å²) in [6.45, 7) is 9.89. The number of carbonyl (C=O) groups excluding carboxylic acids is 3. The molecule has 7 nitrogen and oxygen atoms in total. The molecule has 1 saturated heterocycles. The van der Waals surface area contributed by atoms with Gasteiger partial charge in [0, 0.05) is 36.9 Å². The molecule has 0 saturated carbocycles. The molecule has 5 atom stereocenters. The van der Waals surface area contributed by atoms with E-state index < -0.39 is 48.4 Å². The van der Waals surface area contributed by atoms with Crippen LogP contribution in [0.1, 0.15) is 67.4 Å². The summed E-state index contributed by atoms with van der Waals surface area (Å²) in [5, 5.41) is 0. The third-order valence-corrected chi connectivity index (χ3v) is 8.14. The van der Waals surface area contributed by atoms with Gasteiger partial charge in [0.15, 0.2) is 18.3 Å². The number of esters is 3. The minimum atomic E-state index is -1.02. The summed E-state index contributed by atoms with van der Waals surface area (Å²) >= 11 is 1.76. The molecule has 2 heterocycles. The van der Waals surface area contributed by atoms with Gasteiger partial charge in [-0.2, -0.15) is 0 Å². The fourth-order valence-corrected chi connectivity index (χ4v) is 6.12. The Labute approximate surface area is 239 Å². The Bertz CT molecular complexity index is 1360. The molecule has 0 aliphatic carbocycles. The molecule has 1 aliphatic heterocycles. The van der Waals surface area contributed by atoms with Crippen LogP contribution in [0.2, 0.25) is 0 Å². The van der Waals surface area contributed by atoms with Crippen molar-refractivity contribution in [3.05, 3.63) is 81.7 Å². The first-order valence-electron chi connectivity index (χ1n) is 13.5. The van der Waals surface area contributed by atoms with Crippen LogP contribution >= 0.6 is 11.3 Å². The average molecular weight is 565 g/mol. The van der Waals surface area contributed by atoms with E-state index in [4.69, 9.17) is 18.9 Å². The first kappa shape index (κ1) is 29.5. The van der Waals surface area contributed by atoms with Crippen LogP contribution < -0.4 is 0 Å². The van der Waals surface area contributed by atoms with Gasteiger partial charge in [-0.25, -0.2) is 0 Å². The number of ether oxygens (including phenoxy) is 4. The SMILES string of the molecule is CC[C@H]1OC(c2ccc(C)c(Cc3ccc(-c4ccc(C)cc4)s3)c2)[C@H](OC(C)=O)[C@@H](OC(C)=O)[C@@H]1OC(C)=O. The second-order valence-corrected chi connectivity index (χ2v) is 11.4. The zero-order valence-corrected chi connectivity index (χ0v) is 24.6. The molecule has 40 heavy (non-hydrogen) atoms. The molecule has 4 rings (SSSR count). The molecule has 0 bridgehead atoms. The topological polar surface area (TPSA) is 88.1 Å². The van der Waals surface area contributed by atoms with Gasteiger partial charge in [-0.3, -0.25) is 14.4 Å². The summed E-state index contributed by atoms with van der Waals surface area (Å²) < 4.78 is 23.3. The Morgan fingerprint density at radius 3 is 2.05 bits per heavy atom. The average Bonchev–Trinajstić information content (AvgIpc) is 3.35. The van der Waals surface area contributed by atoms with Gasteiger partial charge >= 0.3 is 17.9 Å². The molecule has 0 N–H and O–H groups in total. The second kappa shape index (κ2) is 12.8. The largest absolute Gasteiger partial charge is 0.456 e. The summed E-state index contributed by atoms with van der Waals surface area (Å²) in [5.41, 5.74) is 5.44. The maximum absolute atomic E-state index is 12.2. The summed E-state index contributed by atoms with van der Waals surface area (Å²) in [4.78, 5) is 38.6. The Morgan fingerprint density at radius 1 is 0.800 bits per heavy atom. The van der Waals surface area contributed by atoms with Crippen LogP contribution in [0.5, 0.6) is 0 Å². The van der Waals surface area contributed by atoms with E-state index in [9.17, 15) is 14.4 Å². The zero-order valence-electron chi connectivity index (χ0n) is 23.8. The van der Waals surface area contributed by atoms with Gasteiger partial charge in [-0.1, -0.05) is 55.0 Å². The molecule has 2 aromatic carbocycles. The lowest BCUT2D eigenvalue weighted by atomic mass is 9.88. The summed E-state index contributed by atoms with van der Waals surface area (Å²) in [6.07, 6.45) is -3.01. The number of rotatable bonds is 8. The highest BCUT2D eigenvalue weighted by Crippen LogP contribution is 2.39.